The Morgan fingerprint density at radius 2 is 1.46 bits per heavy atom. The number of carbonyl (C=O) groups is 3. The second-order valence-corrected chi connectivity index (χ2v) is 11.2. The van der Waals surface area contributed by atoms with E-state index in [0.29, 0.717) is 5.69 Å². The lowest BCUT2D eigenvalue weighted by molar-refractivity contribution is -0.143. The van der Waals surface area contributed by atoms with E-state index in [2.05, 4.69) is 10.6 Å². The summed E-state index contributed by atoms with van der Waals surface area (Å²) in [6.07, 6.45) is -0.670. The van der Waals surface area contributed by atoms with Gasteiger partial charge in [0.1, 0.15) is 17.7 Å². The van der Waals surface area contributed by atoms with Crippen LogP contribution in [0.4, 0.5) is 10.5 Å². The number of nitrogens with zero attached hydrogens (tertiary/aromatic N) is 1. The molecule has 0 aliphatic heterocycles. The quantitative estimate of drug-likeness (QED) is 0.452. The average molecular weight is 510 g/mol. The van der Waals surface area contributed by atoms with Crippen molar-refractivity contribution in [2.24, 2.45) is 5.92 Å². The predicted molar refractivity (Wildman–Crippen MR) is 148 cm³/mol. The van der Waals surface area contributed by atoms with Gasteiger partial charge in [0, 0.05) is 11.7 Å². The minimum absolute atomic E-state index is 0.236. The summed E-state index contributed by atoms with van der Waals surface area (Å²) in [7, 11) is 0. The summed E-state index contributed by atoms with van der Waals surface area (Å²) in [6, 6.07) is 11.2. The number of carbonyl (C=O) groups excluding carboxylic acids is 3. The normalized spacial score (nSPS) is 13.2. The van der Waals surface area contributed by atoms with Crippen molar-refractivity contribution in [2.45, 2.75) is 93.0 Å². The first-order valence-corrected chi connectivity index (χ1v) is 12.9. The zero-order chi connectivity index (χ0) is 28.1. The number of alkyl carbamates (subject to hydrolysis) is 1. The number of para-hydroxylation sites is 1. The first kappa shape index (κ1) is 29.9. The van der Waals surface area contributed by atoms with Crippen LogP contribution in [-0.2, 0) is 14.3 Å². The summed E-state index contributed by atoms with van der Waals surface area (Å²) in [6.45, 7) is 18.6. The molecule has 2 unspecified atom stereocenters. The maximum Gasteiger partial charge on any atom is 0.408 e. The van der Waals surface area contributed by atoms with E-state index in [0.717, 1.165) is 22.3 Å². The van der Waals surface area contributed by atoms with Crippen LogP contribution in [0, 0.1) is 26.7 Å². The standard InChI is InChI=1S/C30H43N3O4/c1-18(2)25(32-29(36)37-30(8,9)10)28(35)33(19(3)4)26(23-16-13-15-20(5)22(23)7)27(34)31-24-17-12-11-14-21(24)6/h11-19,25-26H,1-10H3,(H,31,34)(H,32,36). The van der Waals surface area contributed by atoms with Crippen LogP contribution in [0.15, 0.2) is 42.5 Å². The molecule has 0 saturated heterocycles. The lowest BCUT2D eigenvalue weighted by Gasteiger charge is -2.38. The number of benzene rings is 2. The van der Waals surface area contributed by atoms with Crippen molar-refractivity contribution in [3.8, 4) is 0 Å². The van der Waals surface area contributed by atoms with Crippen molar-refractivity contribution >= 4 is 23.6 Å². The molecule has 0 heterocycles. The Morgan fingerprint density at radius 3 is 2.00 bits per heavy atom. The second-order valence-electron chi connectivity index (χ2n) is 11.2. The predicted octanol–water partition coefficient (Wildman–Crippen LogP) is 6.08. The SMILES string of the molecule is Cc1ccccc1NC(=O)C(c1cccc(C)c1C)N(C(=O)C(NC(=O)OC(C)(C)C)C(C)C)C(C)C. The largest absolute Gasteiger partial charge is 0.444 e. The van der Waals surface area contributed by atoms with E-state index >= 15 is 0 Å². The van der Waals surface area contributed by atoms with Gasteiger partial charge in [0.05, 0.1) is 0 Å². The van der Waals surface area contributed by atoms with Crippen LogP contribution in [-0.4, -0.2) is 40.5 Å². The maximum absolute atomic E-state index is 14.1. The molecule has 0 fully saturated rings. The highest BCUT2D eigenvalue weighted by molar-refractivity contribution is 5.99. The molecular weight excluding hydrogens is 466 g/mol. The van der Waals surface area contributed by atoms with Crippen molar-refractivity contribution in [3.63, 3.8) is 0 Å². The monoisotopic (exact) mass is 509 g/mol. The van der Waals surface area contributed by atoms with E-state index in [9.17, 15) is 14.4 Å². The van der Waals surface area contributed by atoms with Gasteiger partial charge in [0.2, 0.25) is 5.91 Å². The molecular formula is C30H43N3O4. The topological polar surface area (TPSA) is 87.7 Å². The van der Waals surface area contributed by atoms with Crippen molar-refractivity contribution in [3.05, 3.63) is 64.7 Å². The van der Waals surface area contributed by atoms with Crippen LogP contribution in [0.25, 0.3) is 0 Å². The molecule has 0 aliphatic rings. The third kappa shape index (κ3) is 7.81. The summed E-state index contributed by atoms with van der Waals surface area (Å²) < 4.78 is 5.43. The number of amides is 3. The highest BCUT2D eigenvalue weighted by Crippen LogP contribution is 2.31. The third-order valence-electron chi connectivity index (χ3n) is 6.29. The fourth-order valence-electron chi connectivity index (χ4n) is 4.19. The van der Waals surface area contributed by atoms with Crippen molar-refractivity contribution in [1.29, 1.82) is 0 Å². The van der Waals surface area contributed by atoms with Gasteiger partial charge in [-0.2, -0.15) is 0 Å². The van der Waals surface area contributed by atoms with Crippen LogP contribution < -0.4 is 10.6 Å². The molecule has 0 spiro atoms. The van der Waals surface area contributed by atoms with E-state index < -0.39 is 23.8 Å². The Kier molecular flexibility index (Phi) is 9.90. The van der Waals surface area contributed by atoms with Crippen molar-refractivity contribution in [1.82, 2.24) is 10.2 Å². The van der Waals surface area contributed by atoms with E-state index in [1.165, 1.54) is 0 Å². The first-order valence-electron chi connectivity index (χ1n) is 12.9. The molecule has 0 radical (unpaired) electrons. The minimum Gasteiger partial charge on any atom is -0.444 e. The number of rotatable bonds is 8. The Hall–Kier alpha value is -3.35. The molecule has 7 nitrogen and oxygen atoms in total. The molecule has 7 heteroatoms. The lowest BCUT2D eigenvalue weighted by atomic mass is 9.93. The fourth-order valence-corrected chi connectivity index (χ4v) is 4.19. The Balaban J connectivity index is 2.58. The molecule has 0 saturated carbocycles. The number of nitrogens with one attached hydrogen (secondary N) is 2. The first-order chi connectivity index (χ1) is 17.1. The molecule has 37 heavy (non-hydrogen) atoms. The Labute approximate surface area is 222 Å². The molecule has 3 amide bonds. The van der Waals surface area contributed by atoms with Crippen molar-refractivity contribution < 1.29 is 19.1 Å². The van der Waals surface area contributed by atoms with Gasteiger partial charge in [-0.3, -0.25) is 9.59 Å². The smallest absolute Gasteiger partial charge is 0.408 e. The molecule has 0 aromatic heterocycles. The molecule has 2 N–H and O–H groups in total. The van der Waals surface area contributed by atoms with Crippen LogP contribution in [0.3, 0.4) is 0 Å². The summed E-state index contributed by atoms with van der Waals surface area (Å²) in [5.41, 5.74) is 3.60. The van der Waals surface area contributed by atoms with Gasteiger partial charge in [0.15, 0.2) is 0 Å². The molecule has 0 bridgehead atoms. The zero-order valence-electron chi connectivity index (χ0n) is 23.9. The van der Waals surface area contributed by atoms with Crippen LogP contribution in [0.2, 0.25) is 0 Å². The lowest BCUT2D eigenvalue weighted by Crippen LogP contribution is -2.56. The van der Waals surface area contributed by atoms with E-state index in [4.69, 9.17) is 4.74 Å². The van der Waals surface area contributed by atoms with E-state index in [1.54, 1.807) is 25.7 Å². The molecule has 0 aliphatic carbocycles. The summed E-state index contributed by atoms with van der Waals surface area (Å²) in [5.74, 6) is -0.897. The number of hydrogen-bond acceptors (Lipinski definition) is 4. The van der Waals surface area contributed by atoms with Gasteiger partial charge in [-0.25, -0.2) is 4.79 Å². The second kappa shape index (κ2) is 12.3. The third-order valence-corrected chi connectivity index (χ3v) is 6.29. The molecule has 2 aromatic carbocycles. The van der Waals surface area contributed by atoms with Gasteiger partial charge in [-0.15, -0.1) is 0 Å². The molecule has 2 aromatic rings. The van der Waals surface area contributed by atoms with Crippen molar-refractivity contribution in [2.75, 3.05) is 5.32 Å². The highest BCUT2D eigenvalue weighted by Gasteiger charge is 2.39. The summed E-state index contributed by atoms with van der Waals surface area (Å²) in [4.78, 5) is 42.3. The number of anilines is 1. The van der Waals surface area contributed by atoms with Crippen LogP contribution in [0.1, 0.15) is 76.8 Å². The summed E-state index contributed by atoms with van der Waals surface area (Å²) in [5, 5.41) is 5.79. The number of ether oxygens (including phenoxy) is 1. The van der Waals surface area contributed by atoms with Crippen LogP contribution in [0.5, 0.6) is 0 Å². The zero-order valence-corrected chi connectivity index (χ0v) is 23.9. The Bertz CT molecular complexity index is 1120. The maximum atomic E-state index is 14.1. The van der Waals surface area contributed by atoms with Crippen LogP contribution >= 0.6 is 0 Å². The fraction of sp³-hybridized carbons (Fsp3) is 0.500. The molecule has 202 valence electrons. The number of hydrogen-bond donors (Lipinski definition) is 2. The average Bonchev–Trinajstić information content (AvgIpc) is 2.77. The van der Waals surface area contributed by atoms with E-state index in [1.807, 2.05) is 90.9 Å². The Morgan fingerprint density at radius 1 is 0.865 bits per heavy atom. The summed E-state index contributed by atoms with van der Waals surface area (Å²) >= 11 is 0. The van der Waals surface area contributed by atoms with Gasteiger partial charge in [0.25, 0.3) is 5.91 Å². The number of aryl methyl sites for hydroxylation is 2. The van der Waals surface area contributed by atoms with Gasteiger partial charge in [-0.1, -0.05) is 50.2 Å². The highest BCUT2D eigenvalue weighted by atomic mass is 16.6. The van der Waals surface area contributed by atoms with Gasteiger partial charge in [-0.05, 0) is 89.6 Å². The van der Waals surface area contributed by atoms with E-state index in [-0.39, 0.29) is 23.8 Å². The van der Waals surface area contributed by atoms with Gasteiger partial charge < -0.3 is 20.3 Å². The molecule has 2 rings (SSSR count). The minimum atomic E-state index is -0.909. The van der Waals surface area contributed by atoms with Gasteiger partial charge >= 0.3 is 6.09 Å². The molecule has 2 atom stereocenters.